The average Bonchev–Trinajstić information content (AvgIpc) is 2.99. The lowest BCUT2D eigenvalue weighted by molar-refractivity contribution is -0.154. The molecule has 3 rings (SSSR count). The van der Waals surface area contributed by atoms with Crippen molar-refractivity contribution in [2.45, 2.75) is 44.8 Å². The van der Waals surface area contributed by atoms with Gasteiger partial charge in [-0.1, -0.05) is 36.8 Å². The smallest absolute Gasteiger partial charge is 0.410 e. The van der Waals surface area contributed by atoms with Crippen molar-refractivity contribution in [3.8, 4) is 0 Å². The summed E-state index contributed by atoms with van der Waals surface area (Å²) in [7, 11) is 0. The second-order valence-electron chi connectivity index (χ2n) is 6.21. The Labute approximate surface area is 129 Å². The zero-order valence-corrected chi connectivity index (χ0v) is 12.5. The van der Waals surface area contributed by atoms with Gasteiger partial charge in [0.05, 0.1) is 11.5 Å². The Kier molecular flexibility index (Phi) is 4.05. The Morgan fingerprint density at radius 1 is 1.23 bits per heavy atom. The zero-order valence-electron chi connectivity index (χ0n) is 12.5. The van der Waals surface area contributed by atoms with E-state index in [2.05, 4.69) is 0 Å². The van der Waals surface area contributed by atoms with Gasteiger partial charge < -0.3 is 14.7 Å². The summed E-state index contributed by atoms with van der Waals surface area (Å²) in [5.41, 5.74) is 0.174. The number of hydrogen-bond donors (Lipinski definition) is 1. The highest BCUT2D eigenvalue weighted by molar-refractivity contribution is 5.78. The number of carboxylic acid groups (broad SMARTS) is 1. The summed E-state index contributed by atoms with van der Waals surface area (Å²) in [6.07, 6.45) is 3.28. The number of benzene rings is 1. The lowest BCUT2D eigenvalue weighted by Crippen LogP contribution is -2.55. The van der Waals surface area contributed by atoms with Crippen LogP contribution in [0.15, 0.2) is 30.3 Å². The molecule has 118 valence electrons. The molecule has 1 aromatic carbocycles. The predicted molar refractivity (Wildman–Crippen MR) is 80.3 cm³/mol. The highest BCUT2D eigenvalue weighted by atomic mass is 16.6. The zero-order chi connectivity index (χ0) is 15.6. The standard InChI is InChI=1S/C17H21NO4/c19-15(20)17-9-4-8-14(17)18(11-5-10-17)16(21)22-12-13-6-2-1-3-7-13/h1-3,6-7,14H,4-5,8-12H2,(H,19,20)/t14-,17+/m1/s1. The minimum Gasteiger partial charge on any atom is -0.481 e. The van der Waals surface area contributed by atoms with Crippen molar-refractivity contribution in [3.05, 3.63) is 35.9 Å². The summed E-state index contributed by atoms with van der Waals surface area (Å²) in [6.45, 7) is 0.816. The first kappa shape index (κ1) is 14.9. The highest BCUT2D eigenvalue weighted by Gasteiger charge is 2.54. The van der Waals surface area contributed by atoms with Crippen LogP contribution >= 0.6 is 0 Å². The van der Waals surface area contributed by atoms with Gasteiger partial charge in [0.15, 0.2) is 0 Å². The minimum atomic E-state index is -0.768. The number of carbonyl (C=O) groups excluding carboxylic acids is 1. The number of amides is 1. The Hall–Kier alpha value is -2.04. The molecule has 5 nitrogen and oxygen atoms in total. The molecule has 2 fully saturated rings. The number of rotatable bonds is 3. The summed E-state index contributed by atoms with van der Waals surface area (Å²) in [5.74, 6) is -0.768. The quantitative estimate of drug-likeness (QED) is 0.932. The third-order valence-corrected chi connectivity index (χ3v) is 5.00. The molecule has 1 saturated heterocycles. The van der Waals surface area contributed by atoms with Crippen LogP contribution in [0, 0.1) is 5.41 Å². The van der Waals surface area contributed by atoms with Crippen molar-refractivity contribution in [3.63, 3.8) is 0 Å². The summed E-state index contributed by atoms with van der Waals surface area (Å²) in [6, 6.07) is 9.30. The van der Waals surface area contributed by atoms with E-state index in [0.29, 0.717) is 19.4 Å². The Bertz CT molecular complexity index is 559. The Morgan fingerprint density at radius 3 is 2.68 bits per heavy atom. The van der Waals surface area contributed by atoms with Crippen molar-refractivity contribution in [2.24, 2.45) is 5.41 Å². The molecule has 1 saturated carbocycles. The SMILES string of the molecule is O=C(OCc1ccccc1)N1CCC[C@@]2(C(=O)O)CCC[C@@H]12. The van der Waals surface area contributed by atoms with Crippen molar-refractivity contribution in [1.29, 1.82) is 0 Å². The monoisotopic (exact) mass is 303 g/mol. The second-order valence-corrected chi connectivity index (χ2v) is 6.21. The van der Waals surface area contributed by atoms with Crippen LogP contribution in [0.1, 0.15) is 37.7 Å². The molecule has 2 atom stereocenters. The van der Waals surface area contributed by atoms with Crippen LogP contribution in [0.2, 0.25) is 0 Å². The molecule has 1 aromatic rings. The molecule has 0 radical (unpaired) electrons. The first-order valence-electron chi connectivity index (χ1n) is 7.84. The maximum absolute atomic E-state index is 12.4. The number of fused-ring (bicyclic) bond motifs is 1. The molecule has 0 spiro atoms. The molecule has 22 heavy (non-hydrogen) atoms. The van der Waals surface area contributed by atoms with Gasteiger partial charge >= 0.3 is 12.1 Å². The van der Waals surface area contributed by atoms with Crippen LogP contribution in [0.5, 0.6) is 0 Å². The fourth-order valence-electron chi connectivity index (χ4n) is 3.90. The minimum absolute atomic E-state index is 0.220. The Balaban J connectivity index is 1.68. The number of piperidine rings is 1. The van der Waals surface area contributed by atoms with Gasteiger partial charge in [0.25, 0.3) is 0 Å². The molecule has 1 amide bonds. The van der Waals surface area contributed by atoms with E-state index < -0.39 is 11.4 Å². The van der Waals surface area contributed by atoms with E-state index in [1.807, 2.05) is 30.3 Å². The van der Waals surface area contributed by atoms with E-state index >= 15 is 0 Å². The maximum Gasteiger partial charge on any atom is 0.410 e. The van der Waals surface area contributed by atoms with Gasteiger partial charge in [-0.2, -0.15) is 0 Å². The molecular formula is C17H21NO4. The van der Waals surface area contributed by atoms with Crippen LogP contribution < -0.4 is 0 Å². The van der Waals surface area contributed by atoms with E-state index in [9.17, 15) is 14.7 Å². The molecule has 5 heteroatoms. The molecule has 1 N–H and O–H groups in total. The van der Waals surface area contributed by atoms with Gasteiger partial charge in [0.1, 0.15) is 6.61 Å². The number of likely N-dealkylation sites (tertiary alicyclic amines) is 1. The Morgan fingerprint density at radius 2 is 1.95 bits per heavy atom. The molecular weight excluding hydrogens is 282 g/mol. The maximum atomic E-state index is 12.4. The van der Waals surface area contributed by atoms with E-state index in [-0.39, 0.29) is 18.7 Å². The lowest BCUT2D eigenvalue weighted by Gasteiger charge is -2.43. The lowest BCUT2D eigenvalue weighted by atomic mass is 9.75. The van der Waals surface area contributed by atoms with Gasteiger partial charge in [0.2, 0.25) is 0 Å². The van der Waals surface area contributed by atoms with E-state index in [0.717, 1.165) is 24.8 Å². The van der Waals surface area contributed by atoms with Gasteiger partial charge in [0, 0.05) is 6.54 Å². The van der Waals surface area contributed by atoms with Gasteiger partial charge in [-0.3, -0.25) is 4.79 Å². The van der Waals surface area contributed by atoms with Crippen molar-refractivity contribution in [2.75, 3.05) is 6.54 Å². The van der Waals surface area contributed by atoms with Gasteiger partial charge in [-0.05, 0) is 31.2 Å². The van der Waals surface area contributed by atoms with Crippen LogP contribution in [0.4, 0.5) is 4.79 Å². The third-order valence-electron chi connectivity index (χ3n) is 5.00. The number of carboxylic acids is 1. The summed E-state index contributed by atoms with van der Waals surface area (Å²) >= 11 is 0. The second kappa shape index (κ2) is 5.99. The third kappa shape index (κ3) is 2.56. The predicted octanol–water partition coefficient (Wildman–Crippen LogP) is 3.04. The number of nitrogens with zero attached hydrogens (tertiary/aromatic N) is 1. The van der Waals surface area contributed by atoms with Crippen molar-refractivity contribution >= 4 is 12.1 Å². The number of ether oxygens (including phenoxy) is 1. The summed E-state index contributed by atoms with van der Waals surface area (Å²) in [5, 5.41) is 9.63. The largest absolute Gasteiger partial charge is 0.481 e. The molecule has 0 unspecified atom stereocenters. The van der Waals surface area contributed by atoms with E-state index in [1.165, 1.54) is 0 Å². The first-order valence-corrected chi connectivity index (χ1v) is 7.84. The van der Waals surface area contributed by atoms with Gasteiger partial charge in [-0.25, -0.2) is 4.79 Å². The van der Waals surface area contributed by atoms with E-state index in [1.54, 1.807) is 4.90 Å². The molecule has 1 heterocycles. The highest BCUT2D eigenvalue weighted by Crippen LogP contribution is 2.48. The van der Waals surface area contributed by atoms with Crippen molar-refractivity contribution < 1.29 is 19.4 Å². The van der Waals surface area contributed by atoms with Crippen molar-refractivity contribution in [1.82, 2.24) is 4.90 Å². The van der Waals surface area contributed by atoms with Crippen LogP contribution in [-0.2, 0) is 16.1 Å². The number of hydrogen-bond acceptors (Lipinski definition) is 3. The fraction of sp³-hybridized carbons (Fsp3) is 0.529. The normalized spacial score (nSPS) is 27.3. The van der Waals surface area contributed by atoms with Crippen LogP contribution in [0.3, 0.4) is 0 Å². The van der Waals surface area contributed by atoms with Crippen LogP contribution in [-0.4, -0.2) is 34.7 Å². The van der Waals surface area contributed by atoms with Crippen LogP contribution in [0.25, 0.3) is 0 Å². The average molecular weight is 303 g/mol. The van der Waals surface area contributed by atoms with E-state index in [4.69, 9.17) is 4.74 Å². The first-order chi connectivity index (χ1) is 10.6. The topological polar surface area (TPSA) is 66.8 Å². The number of carbonyl (C=O) groups is 2. The fourth-order valence-corrected chi connectivity index (χ4v) is 3.90. The summed E-state index contributed by atoms with van der Waals surface area (Å²) < 4.78 is 5.39. The van der Waals surface area contributed by atoms with Gasteiger partial charge in [-0.15, -0.1) is 0 Å². The molecule has 1 aliphatic carbocycles. The molecule has 2 aliphatic rings. The number of aliphatic carboxylic acids is 1. The molecule has 0 aromatic heterocycles. The summed E-state index contributed by atoms with van der Waals surface area (Å²) in [4.78, 5) is 25.8. The molecule has 0 bridgehead atoms. The molecule has 1 aliphatic heterocycles.